The van der Waals surface area contributed by atoms with Crippen molar-refractivity contribution >= 4 is 16.6 Å². The van der Waals surface area contributed by atoms with Gasteiger partial charge in [-0.05, 0) is 36.4 Å². The molecule has 0 aliphatic heterocycles. The third-order valence-electron chi connectivity index (χ3n) is 3.18. The number of fused-ring (bicyclic) bond motifs is 1. The largest absolute Gasteiger partial charge is 0.418 e. The van der Waals surface area contributed by atoms with Gasteiger partial charge in [-0.2, -0.15) is 13.2 Å². The number of aromatic nitrogens is 1. The normalized spacial score (nSPS) is 11.9. The molecule has 2 N–H and O–H groups in total. The van der Waals surface area contributed by atoms with Crippen molar-refractivity contribution in [3.05, 3.63) is 60.3 Å². The maximum atomic E-state index is 13.1. The highest BCUT2D eigenvalue weighted by molar-refractivity contribution is 5.85. The SMILES string of the molecule is Nc1ccc2c(ccn2-c2ccccc2C(F)(F)F)c1. The summed E-state index contributed by atoms with van der Waals surface area (Å²) in [5.41, 5.74) is 6.41. The maximum absolute atomic E-state index is 13.1. The first-order valence-electron chi connectivity index (χ1n) is 6.00. The molecule has 0 unspecified atom stereocenters. The number of benzene rings is 2. The zero-order valence-electron chi connectivity index (χ0n) is 10.4. The predicted octanol–water partition coefficient (Wildman–Crippen LogP) is 4.23. The molecule has 0 aliphatic rings. The minimum atomic E-state index is -4.39. The van der Waals surface area contributed by atoms with Crippen molar-refractivity contribution in [2.75, 3.05) is 5.73 Å². The molecule has 1 heterocycles. The molecule has 0 aliphatic carbocycles. The van der Waals surface area contributed by atoms with Gasteiger partial charge >= 0.3 is 6.18 Å². The fourth-order valence-electron chi connectivity index (χ4n) is 2.29. The van der Waals surface area contributed by atoms with Gasteiger partial charge in [-0.25, -0.2) is 0 Å². The van der Waals surface area contributed by atoms with Crippen LogP contribution in [0.25, 0.3) is 16.6 Å². The molecular weight excluding hydrogens is 265 g/mol. The number of para-hydroxylation sites is 1. The van der Waals surface area contributed by atoms with Crippen molar-refractivity contribution in [2.45, 2.75) is 6.18 Å². The number of anilines is 1. The second-order valence-electron chi connectivity index (χ2n) is 4.52. The van der Waals surface area contributed by atoms with Crippen LogP contribution in [-0.4, -0.2) is 4.57 Å². The smallest absolute Gasteiger partial charge is 0.399 e. The Kier molecular flexibility index (Phi) is 2.71. The van der Waals surface area contributed by atoms with Crippen molar-refractivity contribution in [1.82, 2.24) is 4.57 Å². The number of hydrogen-bond acceptors (Lipinski definition) is 1. The number of nitrogens with two attached hydrogens (primary N) is 1. The van der Waals surface area contributed by atoms with Gasteiger partial charge in [0.15, 0.2) is 0 Å². The lowest BCUT2D eigenvalue weighted by atomic mass is 10.1. The fraction of sp³-hybridized carbons (Fsp3) is 0.0667. The Hall–Kier alpha value is -2.43. The van der Waals surface area contributed by atoms with Crippen LogP contribution < -0.4 is 5.73 Å². The highest BCUT2D eigenvalue weighted by atomic mass is 19.4. The molecule has 2 aromatic carbocycles. The van der Waals surface area contributed by atoms with Crippen LogP contribution in [0.3, 0.4) is 0 Å². The molecule has 102 valence electrons. The molecule has 0 atom stereocenters. The van der Waals surface area contributed by atoms with E-state index in [2.05, 4.69) is 0 Å². The Bertz CT molecular complexity index is 772. The minimum Gasteiger partial charge on any atom is -0.399 e. The minimum absolute atomic E-state index is 0.111. The molecule has 0 bridgehead atoms. The quantitative estimate of drug-likeness (QED) is 0.662. The molecular formula is C15H11F3N2. The zero-order chi connectivity index (χ0) is 14.3. The molecule has 0 saturated carbocycles. The number of nitrogen functional groups attached to an aromatic ring is 1. The predicted molar refractivity (Wildman–Crippen MR) is 72.7 cm³/mol. The Morgan fingerprint density at radius 1 is 0.950 bits per heavy atom. The van der Waals surface area contributed by atoms with Gasteiger partial charge in [0.1, 0.15) is 0 Å². The first-order valence-corrected chi connectivity index (χ1v) is 6.00. The first-order chi connectivity index (χ1) is 9.47. The molecule has 0 saturated heterocycles. The maximum Gasteiger partial charge on any atom is 0.418 e. The summed E-state index contributed by atoms with van der Waals surface area (Å²) in [6, 6.07) is 12.4. The molecule has 0 fully saturated rings. The average molecular weight is 276 g/mol. The number of halogens is 3. The van der Waals surface area contributed by atoms with E-state index in [-0.39, 0.29) is 5.69 Å². The van der Waals surface area contributed by atoms with Gasteiger partial charge in [-0.3, -0.25) is 0 Å². The molecule has 5 heteroatoms. The molecule has 3 aromatic rings. The Morgan fingerprint density at radius 2 is 1.70 bits per heavy atom. The first kappa shape index (κ1) is 12.6. The third kappa shape index (κ3) is 2.01. The van der Waals surface area contributed by atoms with Gasteiger partial charge in [0.2, 0.25) is 0 Å². The van der Waals surface area contributed by atoms with Gasteiger partial charge in [0, 0.05) is 17.3 Å². The van der Waals surface area contributed by atoms with Gasteiger partial charge in [-0.15, -0.1) is 0 Å². The zero-order valence-corrected chi connectivity index (χ0v) is 10.4. The molecule has 0 radical (unpaired) electrons. The van der Waals surface area contributed by atoms with Crippen LogP contribution in [0.4, 0.5) is 18.9 Å². The Morgan fingerprint density at radius 3 is 2.45 bits per heavy atom. The molecule has 3 rings (SSSR count). The summed E-state index contributed by atoms with van der Waals surface area (Å²) in [6.07, 6.45) is -2.77. The molecule has 0 amide bonds. The number of nitrogens with zero attached hydrogens (tertiary/aromatic N) is 1. The summed E-state index contributed by atoms with van der Waals surface area (Å²) in [5.74, 6) is 0. The highest BCUT2D eigenvalue weighted by Crippen LogP contribution is 2.35. The van der Waals surface area contributed by atoms with Crippen molar-refractivity contribution < 1.29 is 13.2 Å². The van der Waals surface area contributed by atoms with E-state index in [0.717, 1.165) is 11.5 Å². The van der Waals surface area contributed by atoms with Gasteiger partial charge < -0.3 is 10.3 Å². The van der Waals surface area contributed by atoms with Crippen LogP contribution in [0.5, 0.6) is 0 Å². The number of alkyl halides is 3. The van der Waals surface area contributed by atoms with Crippen LogP contribution >= 0.6 is 0 Å². The van der Waals surface area contributed by atoms with Crippen molar-refractivity contribution in [3.8, 4) is 5.69 Å². The Labute approximate surface area is 113 Å². The van der Waals surface area contributed by atoms with Gasteiger partial charge in [0.25, 0.3) is 0 Å². The van der Waals surface area contributed by atoms with E-state index in [1.807, 2.05) is 0 Å². The summed E-state index contributed by atoms with van der Waals surface area (Å²) in [6.45, 7) is 0. The molecule has 20 heavy (non-hydrogen) atoms. The summed E-state index contributed by atoms with van der Waals surface area (Å²) in [4.78, 5) is 0. The lowest BCUT2D eigenvalue weighted by molar-refractivity contribution is -0.137. The van der Waals surface area contributed by atoms with Crippen LogP contribution in [0.2, 0.25) is 0 Å². The van der Waals surface area contributed by atoms with Crippen LogP contribution in [-0.2, 0) is 6.18 Å². The summed E-state index contributed by atoms with van der Waals surface area (Å²) in [5, 5.41) is 0.807. The van der Waals surface area contributed by atoms with Crippen molar-refractivity contribution in [3.63, 3.8) is 0 Å². The van der Waals surface area contributed by atoms with E-state index in [4.69, 9.17) is 5.73 Å². The second kappa shape index (κ2) is 4.30. The van der Waals surface area contributed by atoms with E-state index < -0.39 is 11.7 Å². The topological polar surface area (TPSA) is 30.9 Å². The second-order valence-corrected chi connectivity index (χ2v) is 4.52. The molecule has 1 aromatic heterocycles. The van der Waals surface area contributed by atoms with Crippen molar-refractivity contribution in [2.24, 2.45) is 0 Å². The van der Waals surface area contributed by atoms with Crippen LogP contribution in [0.15, 0.2) is 54.7 Å². The van der Waals surface area contributed by atoms with E-state index in [1.54, 1.807) is 36.5 Å². The van der Waals surface area contributed by atoms with Crippen molar-refractivity contribution in [1.29, 1.82) is 0 Å². The summed E-state index contributed by atoms with van der Waals surface area (Å²) in [7, 11) is 0. The third-order valence-corrected chi connectivity index (χ3v) is 3.18. The lowest BCUT2D eigenvalue weighted by Crippen LogP contribution is -2.10. The molecule has 2 nitrogen and oxygen atoms in total. The molecule has 0 spiro atoms. The van der Waals surface area contributed by atoms with E-state index in [9.17, 15) is 13.2 Å². The summed E-state index contributed by atoms with van der Waals surface area (Å²) < 4.78 is 40.7. The number of rotatable bonds is 1. The highest BCUT2D eigenvalue weighted by Gasteiger charge is 2.33. The van der Waals surface area contributed by atoms with Crippen LogP contribution in [0.1, 0.15) is 5.56 Å². The standard InChI is InChI=1S/C15H11F3N2/c16-15(17,18)12-3-1-2-4-14(12)20-8-7-10-9-11(19)5-6-13(10)20/h1-9H,19H2. The Balaban J connectivity index is 2.27. The van der Waals surface area contributed by atoms with E-state index >= 15 is 0 Å². The van der Waals surface area contributed by atoms with Gasteiger partial charge in [-0.1, -0.05) is 12.1 Å². The summed E-state index contributed by atoms with van der Waals surface area (Å²) >= 11 is 0. The lowest BCUT2D eigenvalue weighted by Gasteiger charge is -2.14. The fourth-order valence-corrected chi connectivity index (χ4v) is 2.29. The monoisotopic (exact) mass is 276 g/mol. The van der Waals surface area contributed by atoms with E-state index in [0.29, 0.717) is 11.2 Å². The van der Waals surface area contributed by atoms with Gasteiger partial charge in [0.05, 0.1) is 16.8 Å². The average Bonchev–Trinajstić information content (AvgIpc) is 2.80. The van der Waals surface area contributed by atoms with E-state index in [1.165, 1.54) is 16.7 Å². The number of hydrogen-bond donors (Lipinski definition) is 1. The van der Waals surface area contributed by atoms with Crippen LogP contribution in [0, 0.1) is 0 Å².